The molecule has 172 valence electrons. The van der Waals surface area contributed by atoms with Crippen LogP contribution >= 0.6 is 0 Å². The number of allylic oxidation sites excluding steroid dienone is 2. The van der Waals surface area contributed by atoms with E-state index in [1.165, 1.54) is 28.3 Å². The van der Waals surface area contributed by atoms with Gasteiger partial charge in [0.1, 0.15) is 0 Å². The monoisotopic (exact) mass is 506 g/mol. The maximum Gasteiger partial charge on any atom is 0.500 e. The van der Waals surface area contributed by atoms with E-state index in [9.17, 15) is 0 Å². The van der Waals surface area contributed by atoms with Crippen molar-refractivity contribution in [2.75, 3.05) is 0 Å². The van der Waals surface area contributed by atoms with Gasteiger partial charge in [0.05, 0.1) is 0 Å². The maximum atomic E-state index is 6.83. The first-order valence-corrected chi connectivity index (χ1v) is 18.5. The lowest BCUT2D eigenvalue weighted by Crippen LogP contribution is -2.51. The standard InChI is InChI=1S/C26H34O3Si4/c1-4-12-23(13-5-1)20-30-27-33(26-18-10-11-19-26,28-31-21-24-14-6-2-7-15-24)29-32-22-25-16-8-3-9-17-25/h1-9,12-18H,10-11,19-22,30-32H2. The smallest absolute Gasteiger partial charge is 0.419 e. The van der Waals surface area contributed by atoms with E-state index in [4.69, 9.17) is 12.3 Å². The minimum Gasteiger partial charge on any atom is -0.419 e. The Morgan fingerprint density at radius 3 is 1.30 bits per heavy atom. The van der Waals surface area contributed by atoms with Crippen LogP contribution in [-0.4, -0.2) is 38.1 Å². The molecule has 0 spiro atoms. The van der Waals surface area contributed by atoms with Gasteiger partial charge >= 0.3 is 8.80 Å². The highest BCUT2D eigenvalue weighted by Gasteiger charge is 2.44. The Hall–Kier alpha value is -1.85. The summed E-state index contributed by atoms with van der Waals surface area (Å²) in [6.07, 6.45) is 5.77. The first-order valence-electron chi connectivity index (χ1n) is 12.1. The highest BCUT2D eigenvalue weighted by atomic mass is 28.5. The predicted molar refractivity (Wildman–Crippen MR) is 147 cm³/mol. The summed E-state index contributed by atoms with van der Waals surface area (Å²) < 4.78 is 20.5. The van der Waals surface area contributed by atoms with Gasteiger partial charge < -0.3 is 12.3 Å². The van der Waals surface area contributed by atoms with E-state index in [-0.39, 0.29) is 0 Å². The molecular formula is C26H34O3Si4. The molecule has 3 aromatic carbocycles. The zero-order valence-electron chi connectivity index (χ0n) is 19.3. The summed E-state index contributed by atoms with van der Waals surface area (Å²) in [7, 11) is -5.15. The van der Waals surface area contributed by atoms with Gasteiger partial charge in [0.25, 0.3) is 0 Å². The molecule has 1 aliphatic carbocycles. The number of hydrogen-bond donors (Lipinski definition) is 0. The van der Waals surface area contributed by atoms with Crippen molar-refractivity contribution < 1.29 is 12.3 Å². The molecule has 0 radical (unpaired) electrons. The molecule has 0 aliphatic heterocycles. The van der Waals surface area contributed by atoms with Crippen molar-refractivity contribution in [3.05, 3.63) is 119 Å². The van der Waals surface area contributed by atoms with Crippen LogP contribution < -0.4 is 0 Å². The number of benzene rings is 3. The molecule has 0 aromatic heterocycles. The van der Waals surface area contributed by atoms with Crippen LogP contribution in [0.25, 0.3) is 0 Å². The Bertz CT molecular complexity index is 873. The SMILES string of the molecule is C1=C([Si](O[SiH2]Cc2ccccc2)(O[SiH2]Cc2ccccc2)O[SiH2]Cc2ccccc2)CCC1. The van der Waals surface area contributed by atoms with Crippen LogP contribution in [0.2, 0.25) is 0 Å². The molecule has 1 aliphatic rings. The van der Waals surface area contributed by atoms with E-state index in [0.717, 1.165) is 31.0 Å². The van der Waals surface area contributed by atoms with Crippen LogP contribution in [0.1, 0.15) is 36.0 Å². The Morgan fingerprint density at radius 1 is 0.576 bits per heavy atom. The Kier molecular flexibility index (Phi) is 9.67. The molecule has 3 nitrogen and oxygen atoms in total. The van der Waals surface area contributed by atoms with Crippen molar-refractivity contribution >= 4 is 38.1 Å². The molecule has 3 aromatic rings. The van der Waals surface area contributed by atoms with Crippen molar-refractivity contribution in [1.82, 2.24) is 0 Å². The molecule has 33 heavy (non-hydrogen) atoms. The molecule has 0 unspecified atom stereocenters. The van der Waals surface area contributed by atoms with Gasteiger partial charge in [-0.2, -0.15) is 0 Å². The van der Waals surface area contributed by atoms with Crippen molar-refractivity contribution in [1.29, 1.82) is 0 Å². The lowest BCUT2D eigenvalue weighted by atomic mass is 10.2. The van der Waals surface area contributed by atoms with Gasteiger partial charge in [0.15, 0.2) is 29.3 Å². The third kappa shape index (κ3) is 7.58. The molecule has 0 amide bonds. The predicted octanol–water partition coefficient (Wildman–Crippen LogP) is 3.48. The maximum absolute atomic E-state index is 6.83. The number of hydrogen-bond acceptors (Lipinski definition) is 3. The molecule has 0 atom stereocenters. The first-order chi connectivity index (χ1) is 16.3. The summed E-state index contributed by atoms with van der Waals surface area (Å²) in [6.45, 7) is 0. The molecule has 0 saturated carbocycles. The largest absolute Gasteiger partial charge is 0.500 e. The van der Waals surface area contributed by atoms with E-state index in [1.54, 1.807) is 0 Å². The summed E-state index contributed by atoms with van der Waals surface area (Å²) in [6, 6.07) is 35.2. The summed E-state index contributed by atoms with van der Waals surface area (Å²) >= 11 is 0. The second-order valence-electron chi connectivity index (χ2n) is 8.43. The summed E-state index contributed by atoms with van der Waals surface area (Å²) in [5.74, 6) is 0. The lowest BCUT2D eigenvalue weighted by molar-refractivity contribution is 0.291. The van der Waals surface area contributed by atoms with E-state index in [1.807, 2.05) is 0 Å². The molecule has 0 N–H and O–H groups in total. The van der Waals surface area contributed by atoms with Gasteiger partial charge in [-0.05, 0) is 59.3 Å². The van der Waals surface area contributed by atoms with Crippen molar-refractivity contribution in [3.63, 3.8) is 0 Å². The van der Waals surface area contributed by atoms with Crippen LogP contribution in [-0.2, 0) is 30.5 Å². The zero-order valence-corrected chi connectivity index (χ0v) is 24.6. The number of rotatable bonds is 13. The average Bonchev–Trinajstić information content (AvgIpc) is 3.42. The molecule has 0 heterocycles. The zero-order chi connectivity index (χ0) is 22.6. The molecule has 7 heteroatoms. The molecule has 4 rings (SSSR count). The van der Waals surface area contributed by atoms with Crippen molar-refractivity contribution in [3.8, 4) is 0 Å². The first kappa shape index (κ1) is 24.3. The summed E-state index contributed by atoms with van der Waals surface area (Å²) in [5.41, 5.74) is 4.07. The van der Waals surface area contributed by atoms with Gasteiger partial charge in [-0.15, -0.1) is 0 Å². The van der Waals surface area contributed by atoms with E-state index in [2.05, 4.69) is 97.1 Å². The van der Waals surface area contributed by atoms with Gasteiger partial charge in [-0.3, -0.25) is 0 Å². The fourth-order valence-electron chi connectivity index (χ4n) is 4.20. The van der Waals surface area contributed by atoms with E-state index >= 15 is 0 Å². The molecular weight excluding hydrogens is 473 g/mol. The second-order valence-corrected chi connectivity index (χ2v) is 16.4. The molecule has 0 fully saturated rings. The lowest BCUT2D eigenvalue weighted by Gasteiger charge is -2.32. The Balaban J connectivity index is 1.45. The van der Waals surface area contributed by atoms with Gasteiger partial charge in [0.2, 0.25) is 0 Å². The third-order valence-corrected chi connectivity index (χ3v) is 16.6. The van der Waals surface area contributed by atoms with Crippen LogP contribution in [0, 0.1) is 0 Å². The fraction of sp³-hybridized carbons (Fsp3) is 0.231. The van der Waals surface area contributed by atoms with E-state index < -0.39 is 38.1 Å². The van der Waals surface area contributed by atoms with Gasteiger partial charge in [-0.1, -0.05) is 97.1 Å². The third-order valence-electron chi connectivity index (χ3n) is 6.01. The Labute approximate surface area is 206 Å². The van der Waals surface area contributed by atoms with Crippen LogP contribution in [0.15, 0.2) is 102 Å². The van der Waals surface area contributed by atoms with Crippen molar-refractivity contribution in [2.24, 2.45) is 0 Å². The van der Waals surface area contributed by atoms with E-state index in [0.29, 0.717) is 0 Å². The quantitative estimate of drug-likeness (QED) is 0.332. The fourth-order valence-corrected chi connectivity index (χ4v) is 16.7. The molecule has 0 saturated heterocycles. The van der Waals surface area contributed by atoms with Crippen molar-refractivity contribution in [2.45, 2.75) is 37.4 Å². The second kappa shape index (κ2) is 13.1. The van der Waals surface area contributed by atoms with Gasteiger partial charge in [-0.25, -0.2) is 0 Å². The summed E-state index contributed by atoms with van der Waals surface area (Å²) in [5, 5.41) is 1.36. The van der Waals surface area contributed by atoms with Crippen LogP contribution in [0.4, 0.5) is 0 Å². The average molecular weight is 507 g/mol. The highest BCUT2D eigenvalue weighted by Crippen LogP contribution is 2.30. The Morgan fingerprint density at radius 2 is 0.970 bits per heavy atom. The minimum atomic E-state index is -2.78. The summed E-state index contributed by atoms with van der Waals surface area (Å²) in [4.78, 5) is 0. The highest BCUT2D eigenvalue weighted by molar-refractivity contribution is 6.79. The molecule has 0 bridgehead atoms. The van der Waals surface area contributed by atoms with Crippen LogP contribution in [0.3, 0.4) is 0 Å². The van der Waals surface area contributed by atoms with Crippen LogP contribution in [0.5, 0.6) is 0 Å². The normalized spacial score (nSPS) is 16.3. The topological polar surface area (TPSA) is 27.7 Å². The van der Waals surface area contributed by atoms with Gasteiger partial charge in [0, 0.05) is 0 Å². The minimum absolute atomic E-state index is 0.791.